The second-order valence-electron chi connectivity index (χ2n) is 10.6. The van der Waals surface area contributed by atoms with Crippen LogP contribution in [0.25, 0.3) is 28.0 Å². The molecule has 222 valence electrons. The standard InChI is InChI=1S/C33H31N7O3S/c1-20-15-17-24(18-16-20)39-22(3)29(21(2)36-39)35-28(41)19-44-33-34-27-14-10-9-13-26(27)31(42)38(33)30-23(4)37(5)40(32(30)43)25-11-7-6-8-12-25/h6-18H,19H2,1-5H3,(H,35,41). The Kier molecular flexibility index (Phi) is 7.56. The van der Waals surface area contributed by atoms with Crippen LogP contribution in [-0.2, 0) is 11.8 Å². The van der Waals surface area contributed by atoms with Gasteiger partial charge in [0, 0.05) is 7.05 Å². The van der Waals surface area contributed by atoms with Gasteiger partial charge in [0.1, 0.15) is 5.69 Å². The van der Waals surface area contributed by atoms with E-state index in [2.05, 4.69) is 10.4 Å². The molecule has 0 aliphatic rings. The molecular weight excluding hydrogens is 574 g/mol. The number of para-hydroxylation sites is 2. The first kappa shape index (κ1) is 28.9. The van der Waals surface area contributed by atoms with Gasteiger partial charge < -0.3 is 5.32 Å². The fraction of sp³-hybridized carbons (Fsp3) is 0.182. The van der Waals surface area contributed by atoms with Gasteiger partial charge in [-0.05, 0) is 64.1 Å². The van der Waals surface area contributed by atoms with Gasteiger partial charge in [0.25, 0.3) is 11.1 Å². The molecule has 0 radical (unpaired) electrons. The fourth-order valence-electron chi connectivity index (χ4n) is 5.28. The van der Waals surface area contributed by atoms with Crippen molar-refractivity contribution in [1.29, 1.82) is 0 Å². The van der Waals surface area contributed by atoms with Crippen molar-refractivity contribution in [2.45, 2.75) is 32.9 Å². The number of anilines is 1. The van der Waals surface area contributed by atoms with Crippen LogP contribution < -0.4 is 16.4 Å². The maximum Gasteiger partial charge on any atom is 0.296 e. The molecule has 11 heteroatoms. The number of fused-ring (bicyclic) bond motifs is 1. The molecule has 44 heavy (non-hydrogen) atoms. The molecule has 6 aromatic rings. The molecule has 0 saturated carbocycles. The Morgan fingerprint density at radius 3 is 2.23 bits per heavy atom. The summed E-state index contributed by atoms with van der Waals surface area (Å²) < 4.78 is 6.37. The number of rotatable bonds is 7. The quantitative estimate of drug-likeness (QED) is 0.202. The van der Waals surface area contributed by atoms with Gasteiger partial charge in [0.05, 0.1) is 50.8 Å². The molecule has 0 unspecified atom stereocenters. The molecule has 1 amide bonds. The summed E-state index contributed by atoms with van der Waals surface area (Å²) in [5.41, 5.74) is 5.34. The molecule has 3 aromatic heterocycles. The van der Waals surface area contributed by atoms with E-state index in [1.165, 1.54) is 9.25 Å². The molecule has 0 saturated heterocycles. The van der Waals surface area contributed by atoms with Crippen molar-refractivity contribution in [3.8, 4) is 17.1 Å². The highest BCUT2D eigenvalue weighted by Crippen LogP contribution is 2.26. The number of carbonyl (C=O) groups excluding carboxylic acids is 1. The Morgan fingerprint density at radius 1 is 0.818 bits per heavy atom. The van der Waals surface area contributed by atoms with Gasteiger partial charge in [0.15, 0.2) is 5.16 Å². The topological polar surface area (TPSA) is 109 Å². The number of benzene rings is 3. The molecule has 10 nitrogen and oxygen atoms in total. The number of thioether (sulfide) groups is 1. The highest BCUT2D eigenvalue weighted by molar-refractivity contribution is 7.99. The highest BCUT2D eigenvalue weighted by Gasteiger charge is 2.24. The first-order valence-electron chi connectivity index (χ1n) is 14.1. The molecule has 0 fully saturated rings. The first-order chi connectivity index (χ1) is 21.2. The third kappa shape index (κ3) is 5.05. The SMILES string of the molecule is Cc1ccc(-n2nc(C)c(NC(=O)CSc3nc4ccccc4c(=O)n3-c3c(C)n(C)n(-c4ccccc4)c3=O)c2C)cc1. The van der Waals surface area contributed by atoms with Crippen LogP contribution in [0.5, 0.6) is 0 Å². The summed E-state index contributed by atoms with van der Waals surface area (Å²) in [5.74, 6) is -0.330. The van der Waals surface area contributed by atoms with E-state index in [1.54, 1.807) is 47.6 Å². The van der Waals surface area contributed by atoms with Crippen molar-refractivity contribution < 1.29 is 4.79 Å². The zero-order valence-electron chi connectivity index (χ0n) is 25.0. The fourth-order valence-corrected chi connectivity index (χ4v) is 6.08. The van der Waals surface area contributed by atoms with E-state index in [1.807, 2.05) is 75.4 Å². The van der Waals surface area contributed by atoms with Crippen molar-refractivity contribution in [3.63, 3.8) is 0 Å². The summed E-state index contributed by atoms with van der Waals surface area (Å²) in [6.07, 6.45) is 0. The van der Waals surface area contributed by atoms with Crippen LogP contribution in [0, 0.1) is 27.7 Å². The maximum absolute atomic E-state index is 13.9. The lowest BCUT2D eigenvalue weighted by molar-refractivity contribution is -0.113. The molecule has 0 aliphatic heterocycles. The predicted octanol–water partition coefficient (Wildman–Crippen LogP) is 5.03. The Morgan fingerprint density at radius 2 is 1.50 bits per heavy atom. The molecule has 0 bridgehead atoms. The molecule has 3 aromatic carbocycles. The van der Waals surface area contributed by atoms with E-state index in [0.29, 0.717) is 33.7 Å². The number of hydrogen-bond acceptors (Lipinski definition) is 6. The lowest BCUT2D eigenvalue weighted by Crippen LogP contribution is -2.28. The second-order valence-corrected chi connectivity index (χ2v) is 11.5. The van der Waals surface area contributed by atoms with Crippen molar-refractivity contribution in [2.75, 3.05) is 11.1 Å². The number of aryl methyl sites for hydroxylation is 2. The smallest absolute Gasteiger partial charge is 0.296 e. The van der Waals surface area contributed by atoms with Crippen LogP contribution in [0.1, 0.15) is 22.6 Å². The van der Waals surface area contributed by atoms with E-state index in [4.69, 9.17) is 4.98 Å². The van der Waals surface area contributed by atoms with E-state index in [0.717, 1.165) is 28.7 Å². The van der Waals surface area contributed by atoms with Crippen LogP contribution in [-0.4, -0.2) is 40.4 Å². The predicted molar refractivity (Wildman–Crippen MR) is 174 cm³/mol. The van der Waals surface area contributed by atoms with Gasteiger partial charge >= 0.3 is 0 Å². The third-order valence-corrected chi connectivity index (χ3v) is 8.60. The molecule has 0 atom stereocenters. The van der Waals surface area contributed by atoms with Gasteiger partial charge in [-0.3, -0.25) is 19.1 Å². The van der Waals surface area contributed by atoms with Crippen LogP contribution in [0.15, 0.2) is 93.6 Å². The van der Waals surface area contributed by atoms with E-state index in [9.17, 15) is 14.4 Å². The van der Waals surface area contributed by atoms with Crippen LogP contribution in [0.3, 0.4) is 0 Å². The van der Waals surface area contributed by atoms with Crippen molar-refractivity contribution >= 4 is 34.3 Å². The van der Waals surface area contributed by atoms with Crippen LogP contribution in [0.4, 0.5) is 5.69 Å². The summed E-state index contributed by atoms with van der Waals surface area (Å²) >= 11 is 1.10. The Hall–Kier alpha value is -5.16. The van der Waals surface area contributed by atoms with Crippen molar-refractivity contribution in [1.82, 2.24) is 28.7 Å². The zero-order chi connectivity index (χ0) is 31.1. The molecule has 6 rings (SSSR count). The average molecular weight is 606 g/mol. The largest absolute Gasteiger partial charge is 0.322 e. The maximum atomic E-state index is 13.9. The number of hydrogen-bond donors (Lipinski definition) is 1. The Balaban J connectivity index is 1.36. The van der Waals surface area contributed by atoms with Crippen LogP contribution >= 0.6 is 11.8 Å². The van der Waals surface area contributed by atoms with E-state index in [-0.39, 0.29) is 33.6 Å². The summed E-state index contributed by atoms with van der Waals surface area (Å²) in [6, 6.07) is 24.2. The Labute approximate surface area is 257 Å². The van der Waals surface area contributed by atoms with E-state index < -0.39 is 0 Å². The van der Waals surface area contributed by atoms with Gasteiger partial charge in [-0.25, -0.2) is 18.9 Å². The molecule has 1 N–H and O–H groups in total. The van der Waals surface area contributed by atoms with Crippen LogP contribution in [0.2, 0.25) is 0 Å². The number of nitrogens with zero attached hydrogens (tertiary/aromatic N) is 6. The minimum atomic E-state index is -0.379. The van der Waals surface area contributed by atoms with Gasteiger partial charge in [-0.2, -0.15) is 5.10 Å². The monoisotopic (exact) mass is 605 g/mol. The number of aromatic nitrogens is 6. The average Bonchev–Trinajstić information content (AvgIpc) is 3.42. The summed E-state index contributed by atoms with van der Waals surface area (Å²) in [6.45, 7) is 7.56. The minimum absolute atomic E-state index is 0.0435. The first-order valence-corrected chi connectivity index (χ1v) is 15.1. The van der Waals surface area contributed by atoms with Gasteiger partial charge in [-0.15, -0.1) is 0 Å². The minimum Gasteiger partial charge on any atom is -0.322 e. The molecule has 0 aliphatic carbocycles. The summed E-state index contributed by atoms with van der Waals surface area (Å²) in [4.78, 5) is 45.9. The third-order valence-electron chi connectivity index (χ3n) is 7.66. The van der Waals surface area contributed by atoms with Gasteiger partial charge in [-0.1, -0.05) is 59.8 Å². The molecule has 0 spiro atoms. The van der Waals surface area contributed by atoms with Crippen molar-refractivity contribution in [3.05, 3.63) is 122 Å². The zero-order valence-corrected chi connectivity index (χ0v) is 25.8. The van der Waals surface area contributed by atoms with E-state index >= 15 is 0 Å². The number of carbonyl (C=O) groups is 1. The lowest BCUT2D eigenvalue weighted by atomic mass is 10.2. The summed E-state index contributed by atoms with van der Waals surface area (Å²) in [7, 11) is 1.77. The van der Waals surface area contributed by atoms with Crippen molar-refractivity contribution in [2.24, 2.45) is 7.05 Å². The number of amides is 1. The lowest BCUT2D eigenvalue weighted by Gasteiger charge is -2.12. The highest BCUT2D eigenvalue weighted by atomic mass is 32.2. The second kappa shape index (κ2) is 11.5. The molecule has 3 heterocycles. The number of nitrogens with one attached hydrogen (secondary N) is 1. The summed E-state index contributed by atoms with van der Waals surface area (Å²) in [5, 5.41) is 8.25. The normalized spacial score (nSPS) is 11.3. The van der Waals surface area contributed by atoms with Gasteiger partial charge in [0.2, 0.25) is 5.91 Å². The Bertz CT molecular complexity index is 2160. The molecular formula is C33H31N7O3S.